The maximum atomic E-state index is 13.4. The molecule has 2 aromatic carbocycles. The molecule has 0 aromatic heterocycles. The first kappa shape index (κ1) is 14.7. The molecule has 2 aromatic rings. The fourth-order valence-electron chi connectivity index (χ4n) is 1.75. The van der Waals surface area contributed by atoms with Crippen LogP contribution in [-0.4, -0.2) is 17.1 Å². The van der Waals surface area contributed by atoms with Gasteiger partial charge in [0.05, 0.1) is 24.7 Å². The summed E-state index contributed by atoms with van der Waals surface area (Å²) >= 11 is 0. The van der Waals surface area contributed by atoms with Crippen molar-refractivity contribution in [1.82, 2.24) is 0 Å². The summed E-state index contributed by atoms with van der Waals surface area (Å²) in [7, 11) is 1.34. The average molecular weight is 293 g/mol. The van der Waals surface area contributed by atoms with Crippen molar-refractivity contribution in [3.8, 4) is 17.2 Å². The van der Waals surface area contributed by atoms with Gasteiger partial charge in [0.15, 0.2) is 11.5 Å². The number of hydrogen-bond donors (Lipinski definition) is 1. The summed E-state index contributed by atoms with van der Waals surface area (Å²) in [6.07, 6.45) is 0. The van der Waals surface area contributed by atoms with Crippen molar-refractivity contribution in [1.29, 1.82) is 0 Å². The fraction of sp³-hybridized carbons (Fsp3) is 0.143. The van der Waals surface area contributed by atoms with E-state index in [1.165, 1.54) is 37.4 Å². The molecule has 0 atom stereocenters. The Kier molecular flexibility index (Phi) is 4.34. The minimum atomic E-state index is -0.558. The molecule has 0 amide bonds. The fourth-order valence-corrected chi connectivity index (χ4v) is 1.75. The van der Waals surface area contributed by atoms with Crippen LogP contribution in [0.5, 0.6) is 17.2 Å². The van der Waals surface area contributed by atoms with E-state index in [4.69, 9.17) is 14.6 Å². The quantitative estimate of drug-likeness (QED) is 0.677. The smallest absolute Gasteiger partial charge is 0.273 e. The molecule has 0 fully saturated rings. The molecular weight excluding hydrogens is 281 g/mol. The van der Waals surface area contributed by atoms with Gasteiger partial charge in [0.2, 0.25) is 0 Å². The van der Waals surface area contributed by atoms with Crippen molar-refractivity contribution in [2.75, 3.05) is 7.11 Å². The highest BCUT2D eigenvalue weighted by Gasteiger charge is 2.13. The van der Waals surface area contributed by atoms with Gasteiger partial charge in [-0.2, -0.15) is 0 Å². The topological polar surface area (TPSA) is 81.8 Å². The highest BCUT2D eigenvalue weighted by Crippen LogP contribution is 2.35. The number of non-ortho nitro benzene ring substituents is 1. The SMILES string of the molecule is COc1cc([N+](=O)[O-])ccc1Oc1cc(F)cc(CO)c1. The van der Waals surface area contributed by atoms with Crippen molar-refractivity contribution in [3.63, 3.8) is 0 Å². The minimum absolute atomic E-state index is 0.144. The van der Waals surface area contributed by atoms with Gasteiger partial charge in [-0.25, -0.2) is 4.39 Å². The number of aliphatic hydroxyl groups excluding tert-OH is 1. The Labute approximate surface area is 119 Å². The lowest BCUT2D eigenvalue weighted by molar-refractivity contribution is -0.384. The van der Waals surface area contributed by atoms with Gasteiger partial charge < -0.3 is 14.6 Å². The average Bonchev–Trinajstić information content (AvgIpc) is 2.46. The molecule has 6 nitrogen and oxygen atoms in total. The summed E-state index contributed by atoms with van der Waals surface area (Å²) in [6, 6.07) is 7.61. The molecule has 0 bridgehead atoms. The van der Waals surface area contributed by atoms with E-state index >= 15 is 0 Å². The van der Waals surface area contributed by atoms with Crippen molar-refractivity contribution in [2.24, 2.45) is 0 Å². The third kappa shape index (κ3) is 3.46. The number of aliphatic hydroxyl groups is 1. The molecule has 0 spiro atoms. The predicted octanol–water partition coefficient (Wildman–Crippen LogP) is 3.03. The maximum Gasteiger partial charge on any atom is 0.273 e. The zero-order valence-corrected chi connectivity index (χ0v) is 11.1. The van der Waals surface area contributed by atoms with E-state index in [0.717, 1.165) is 6.07 Å². The number of rotatable bonds is 5. The second-order valence-corrected chi connectivity index (χ2v) is 4.15. The van der Waals surface area contributed by atoms with Crippen molar-refractivity contribution < 1.29 is 23.9 Å². The summed E-state index contributed by atoms with van der Waals surface area (Å²) < 4.78 is 23.8. The lowest BCUT2D eigenvalue weighted by atomic mass is 10.2. The maximum absolute atomic E-state index is 13.4. The molecule has 2 rings (SSSR count). The van der Waals surface area contributed by atoms with E-state index in [-0.39, 0.29) is 29.5 Å². The van der Waals surface area contributed by atoms with Crippen LogP contribution in [0.2, 0.25) is 0 Å². The second-order valence-electron chi connectivity index (χ2n) is 4.15. The van der Waals surface area contributed by atoms with Crippen LogP contribution in [0.25, 0.3) is 0 Å². The Morgan fingerprint density at radius 2 is 2.00 bits per heavy atom. The lowest BCUT2D eigenvalue weighted by Crippen LogP contribution is -1.95. The van der Waals surface area contributed by atoms with Crippen LogP contribution in [0.4, 0.5) is 10.1 Å². The molecule has 0 heterocycles. The molecule has 1 N–H and O–H groups in total. The molecule has 0 saturated carbocycles. The highest BCUT2D eigenvalue weighted by molar-refractivity contribution is 5.50. The Morgan fingerprint density at radius 1 is 1.24 bits per heavy atom. The van der Waals surface area contributed by atoms with Crippen LogP contribution in [0.3, 0.4) is 0 Å². The van der Waals surface area contributed by atoms with Gasteiger partial charge in [0.25, 0.3) is 5.69 Å². The molecule has 7 heteroatoms. The van der Waals surface area contributed by atoms with Crippen LogP contribution < -0.4 is 9.47 Å². The second kappa shape index (κ2) is 6.19. The first-order valence-corrected chi connectivity index (χ1v) is 5.94. The number of benzene rings is 2. The van der Waals surface area contributed by atoms with E-state index in [1.54, 1.807) is 0 Å². The summed E-state index contributed by atoms with van der Waals surface area (Å²) in [6.45, 7) is -0.328. The largest absolute Gasteiger partial charge is 0.493 e. The Balaban J connectivity index is 2.35. The number of nitro benzene ring substituents is 1. The van der Waals surface area contributed by atoms with Gasteiger partial charge >= 0.3 is 0 Å². The highest BCUT2D eigenvalue weighted by atomic mass is 19.1. The molecule has 0 aliphatic carbocycles. The number of methoxy groups -OCH3 is 1. The molecule has 0 aliphatic heterocycles. The molecular formula is C14H12FNO5. The van der Waals surface area contributed by atoms with Crippen molar-refractivity contribution >= 4 is 5.69 Å². The normalized spacial score (nSPS) is 10.2. The summed E-state index contributed by atoms with van der Waals surface area (Å²) in [5, 5.41) is 19.7. The lowest BCUT2D eigenvalue weighted by Gasteiger charge is -2.11. The molecule has 0 unspecified atom stereocenters. The van der Waals surface area contributed by atoms with E-state index in [9.17, 15) is 14.5 Å². The van der Waals surface area contributed by atoms with E-state index < -0.39 is 10.7 Å². The van der Waals surface area contributed by atoms with Crippen LogP contribution in [0.1, 0.15) is 5.56 Å². The molecule has 0 saturated heterocycles. The third-order valence-corrected chi connectivity index (χ3v) is 2.70. The molecule has 0 radical (unpaired) electrons. The van der Waals surface area contributed by atoms with Gasteiger partial charge in [0, 0.05) is 12.1 Å². The number of nitro groups is 1. The molecule has 110 valence electrons. The van der Waals surface area contributed by atoms with Gasteiger partial charge in [-0.3, -0.25) is 10.1 Å². The Hall–Kier alpha value is -2.67. The first-order chi connectivity index (χ1) is 10.0. The Morgan fingerprint density at radius 3 is 2.62 bits per heavy atom. The first-order valence-electron chi connectivity index (χ1n) is 5.94. The van der Waals surface area contributed by atoms with Crippen LogP contribution in [0, 0.1) is 15.9 Å². The monoisotopic (exact) mass is 293 g/mol. The predicted molar refractivity (Wildman–Crippen MR) is 72.0 cm³/mol. The standard InChI is InChI=1S/C14H12FNO5/c1-20-14-7-11(16(18)19)2-3-13(14)21-12-5-9(8-17)4-10(15)6-12/h2-7,17H,8H2,1H3. The number of halogens is 1. The zero-order valence-electron chi connectivity index (χ0n) is 11.1. The number of hydrogen-bond acceptors (Lipinski definition) is 5. The summed E-state index contributed by atoms with van der Waals surface area (Å²) in [5.74, 6) is -0.0415. The van der Waals surface area contributed by atoms with Gasteiger partial charge in [-0.05, 0) is 23.8 Å². The Bertz CT molecular complexity index is 674. The van der Waals surface area contributed by atoms with E-state index in [2.05, 4.69) is 0 Å². The molecule has 0 aliphatic rings. The van der Waals surface area contributed by atoms with Crippen molar-refractivity contribution in [2.45, 2.75) is 6.61 Å². The van der Waals surface area contributed by atoms with Gasteiger partial charge in [-0.15, -0.1) is 0 Å². The number of ether oxygens (including phenoxy) is 2. The van der Waals surface area contributed by atoms with Gasteiger partial charge in [-0.1, -0.05) is 0 Å². The van der Waals surface area contributed by atoms with E-state index in [0.29, 0.717) is 5.56 Å². The number of nitrogens with zero attached hydrogens (tertiary/aromatic N) is 1. The van der Waals surface area contributed by atoms with Crippen LogP contribution >= 0.6 is 0 Å². The van der Waals surface area contributed by atoms with Crippen LogP contribution in [-0.2, 0) is 6.61 Å². The van der Waals surface area contributed by atoms with Gasteiger partial charge in [0.1, 0.15) is 11.6 Å². The molecule has 21 heavy (non-hydrogen) atoms. The van der Waals surface area contributed by atoms with Crippen molar-refractivity contribution in [3.05, 3.63) is 57.9 Å². The van der Waals surface area contributed by atoms with Crippen LogP contribution in [0.15, 0.2) is 36.4 Å². The van der Waals surface area contributed by atoms with E-state index in [1.807, 2.05) is 0 Å². The third-order valence-electron chi connectivity index (χ3n) is 2.70. The minimum Gasteiger partial charge on any atom is -0.493 e. The summed E-state index contributed by atoms with van der Waals surface area (Å²) in [4.78, 5) is 10.1. The zero-order chi connectivity index (χ0) is 15.4. The summed E-state index contributed by atoms with van der Waals surface area (Å²) in [5.41, 5.74) is 0.209.